The molecule has 1 aromatic rings. The molecule has 0 aromatic heterocycles. The van der Waals surface area contributed by atoms with E-state index in [1.165, 1.54) is 24.0 Å². The summed E-state index contributed by atoms with van der Waals surface area (Å²) < 4.78 is 34.3. The SMILES string of the molecule is C.C.C.CC(C)N1CC(S(C)(=O)=O)C1.CC(C)c1ccc(F)cc1.[Y]. The van der Waals surface area contributed by atoms with E-state index in [0.29, 0.717) is 12.0 Å². The van der Waals surface area contributed by atoms with Crippen molar-refractivity contribution in [1.29, 1.82) is 0 Å². The van der Waals surface area contributed by atoms with E-state index in [1.54, 1.807) is 0 Å². The summed E-state index contributed by atoms with van der Waals surface area (Å²) in [6.45, 7) is 9.78. The number of benzene rings is 1. The number of hydrogen-bond acceptors (Lipinski definition) is 3. The van der Waals surface area contributed by atoms with Gasteiger partial charge < -0.3 is 0 Å². The van der Waals surface area contributed by atoms with Crippen molar-refractivity contribution in [3.63, 3.8) is 0 Å². The molecule has 0 N–H and O–H groups in total. The summed E-state index contributed by atoms with van der Waals surface area (Å²) in [6.07, 6.45) is 1.31. The maximum atomic E-state index is 12.4. The van der Waals surface area contributed by atoms with Crippen LogP contribution in [0.2, 0.25) is 0 Å². The number of likely N-dealkylation sites (tertiary alicyclic amines) is 1. The second-order valence-corrected chi connectivity index (χ2v) is 8.53. The number of sulfone groups is 1. The van der Waals surface area contributed by atoms with Crippen LogP contribution in [0.4, 0.5) is 4.39 Å². The Hall–Kier alpha value is 0.164. The van der Waals surface area contributed by atoms with Crippen LogP contribution in [-0.4, -0.2) is 44.0 Å². The number of nitrogens with zero attached hydrogens (tertiary/aromatic N) is 1. The van der Waals surface area contributed by atoms with E-state index in [9.17, 15) is 12.8 Å². The fourth-order valence-electron chi connectivity index (χ4n) is 2.01. The molecule has 2 rings (SSSR count). The average molecular weight is 452 g/mol. The van der Waals surface area contributed by atoms with E-state index >= 15 is 0 Å². The molecule has 0 bridgehead atoms. The van der Waals surface area contributed by atoms with Crippen LogP contribution in [0.1, 0.15) is 61.5 Å². The van der Waals surface area contributed by atoms with E-state index in [-0.39, 0.29) is 66.1 Å². The van der Waals surface area contributed by atoms with Crippen molar-refractivity contribution >= 4 is 9.84 Å². The average Bonchev–Trinajstić information content (AvgIpc) is 2.25. The van der Waals surface area contributed by atoms with Gasteiger partial charge in [-0.3, -0.25) is 4.90 Å². The van der Waals surface area contributed by atoms with E-state index < -0.39 is 9.84 Å². The molecule has 1 fully saturated rings. The van der Waals surface area contributed by atoms with Crippen LogP contribution < -0.4 is 0 Å². The van der Waals surface area contributed by atoms with Crippen LogP contribution in [-0.2, 0) is 42.5 Å². The zero-order valence-corrected chi connectivity index (χ0v) is 17.7. The fourth-order valence-corrected chi connectivity index (χ4v) is 2.93. The van der Waals surface area contributed by atoms with E-state index in [0.717, 1.165) is 13.1 Å². The molecule has 1 heterocycles. The largest absolute Gasteiger partial charge is 0.298 e. The molecule has 1 aliphatic rings. The van der Waals surface area contributed by atoms with Gasteiger partial charge in [0, 0.05) is 58.1 Å². The quantitative estimate of drug-likeness (QED) is 0.649. The zero-order chi connectivity index (χ0) is 16.2. The first-order valence-corrected chi connectivity index (χ1v) is 9.25. The predicted molar refractivity (Wildman–Crippen MR) is 106 cm³/mol. The normalized spacial score (nSPS) is 13.9. The summed E-state index contributed by atoms with van der Waals surface area (Å²) in [4.78, 5) is 2.16. The molecule has 147 valence electrons. The Kier molecular flexibility index (Phi) is 18.7. The minimum absolute atomic E-state index is 0. The number of hydrogen-bond donors (Lipinski definition) is 0. The summed E-state index contributed by atoms with van der Waals surface area (Å²) in [5, 5.41) is -0.107. The van der Waals surface area contributed by atoms with Gasteiger partial charge in [-0.15, -0.1) is 0 Å². The van der Waals surface area contributed by atoms with Crippen LogP contribution in [0.3, 0.4) is 0 Å². The molecule has 1 aromatic carbocycles. The third kappa shape index (κ3) is 11.5. The molecule has 3 nitrogen and oxygen atoms in total. The van der Waals surface area contributed by atoms with Crippen LogP contribution >= 0.6 is 0 Å². The topological polar surface area (TPSA) is 37.4 Å². The first-order chi connectivity index (χ1) is 9.61. The van der Waals surface area contributed by atoms with Crippen molar-refractivity contribution in [2.24, 2.45) is 0 Å². The molecule has 0 atom stereocenters. The fraction of sp³-hybridized carbons (Fsp3) is 0.684. The smallest absolute Gasteiger partial charge is 0.152 e. The van der Waals surface area contributed by atoms with Gasteiger partial charge in [0.25, 0.3) is 0 Å². The minimum Gasteiger partial charge on any atom is -0.298 e. The van der Waals surface area contributed by atoms with E-state index in [4.69, 9.17) is 0 Å². The number of rotatable bonds is 3. The van der Waals surface area contributed by atoms with E-state index in [1.807, 2.05) is 12.1 Å². The van der Waals surface area contributed by atoms with Crippen molar-refractivity contribution in [3.8, 4) is 0 Å². The summed E-state index contributed by atoms with van der Waals surface area (Å²) in [5.74, 6) is 0.324. The molecular weight excluding hydrogens is 414 g/mol. The first-order valence-electron chi connectivity index (χ1n) is 7.29. The van der Waals surface area contributed by atoms with Crippen LogP contribution in [0.25, 0.3) is 0 Å². The predicted octanol–water partition coefficient (Wildman–Crippen LogP) is 4.98. The molecule has 6 heteroatoms. The first kappa shape index (κ1) is 32.8. The molecule has 1 aliphatic heterocycles. The molecule has 25 heavy (non-hydrogen) atoms. The minimum atomic E-state index is -2.77. The van der Waals surface area contributed by atoms with Gasteiger partial charge in [0.1, 0.15) is 5.82 Å². The van der Waals surface area contributed by atoms with Crippen LogP contribution in [0.5, 0.6) is 0 Å². The number of halogens is 1. The summed E-state index contributed by atoms with van der Waals surface area (Å²) in [7, 11) is -2.77. The van der Waals surface area contributed by atoms with Crippen molar-refractivity contribution in [1.82, 2.24) is 4.90 Å². The van der Waals surface area contributed by atoms with Gasteiger partial charge in [-0.2, -0.15) is 0 Å². The summed E-state index contributed by atoms with van der Waals surface area (Å²) >= 11 is 0. The maximum Gasteiger partial charge on any atom is 0.152 e. The van der Waals surface area contributed by atoms with Gasteiger partial charge >= 0.3 is 0 Å². The van der Waals surface area contributed by atoms with Crippen molar-refractivity contribution in [3.05, 3.63) is 35.6 Å². The van der Waals surface area contributed by atoms with Crippen molar-refractivity contribution in [2.75, 3.05) is 19.3 Å². The molecular formula is C19H38FNO2SY. The third-order valence-corrected chi connectivity index (χ3v) is 5.26. The molecule has 0 amide bonds. The molecule has 1 radical (unpaired) electrons. The van der Waals surface area contributed by atoms with Crippen LogP contribution in [0, 0.1) is 5.82 Å². The Bertz CT molecular complexity index is 539. The molecule has 0 saturated carbocycles. The molecule has 0 spiro atoms. The van der Waals surface area contributed by atoms with Crippen molar-refractivity contribution < 1.29 is 45.5 Å². The Morgan fingerprint density at radius 2 is 1.40 bits per heavy atom. The monoisotopic (exact) mass is 452 g/mol. The Labute approximate surface area is 181 Å². The second-order valence-electron chi connectivity index (χ2n) is 6.21. The summed E-state index contributed by atoms with van der Waals surface area (Å²) in [5.41, 5.74) is 1.18. The van der Waals surface area contributed by atoms with Gasteiger partial charge in [0.15, 0.2) is 9.84 Å². The van der Waals surface area contributed by atoms with Gasteiger partial charge in [-0.1, -0.05) is 48.3 Å². The van der Waals surface area contributed by atoms with Crippen molar-refractivity contribution in [2.45, 2.75) is 67.2 Å². The Morgan fingerprint density at radius 1 is 1.00 bits per heavy atom. The maximum absolute atomic E-state index is 12.4. The zero-order valence-electron chi connectivity index (χ0n) is 14.1. The second kappa shape index (κ2) is 14.3. The standard InChI is InChI=1S/C9H11F.C7H15NO2S.3CH4.Y/c1-7(2)8-3-5-9(10)6-4-8;1-6(2)8-4-7(5-8)11(3,9)10;;;;/h3-7H,1-2H3;6-7H,4-5H2,1-3H3;3*1H4;. The summed E-state index contributed by atoms with van der Waals surface area (Å²) in [6, 6.07) is 7.11. The molecule has 0 unspecified atom stereocenters. The molecule has 1 saturated heterocycles. The molecule has 0 aliphatic carbocycles. The van der Waals surface area contributed by atoms with Gasteiger partial charge in [-0.25, -0.2) is 12.8 Å². The Balaban J connectivity index is -0.000000152. The van der Waals surface area contributed by atoms with E-state index in [2.05, 4.69) is 32.6 Å². The van der Waals surface area contributed by atoms with Gasteiger partial charge in [0.05, 0.1) is 5.25 Å². The third-order valence-electron chi connectivity index (χ3n) is 3.75. The van der Waals surface area contributed by atoms with Gasteiger partial charge in [-0.05, 0) is 37.5 Å². The Morgan fingerprint density at radius 3 is 1.68 bits per heavy atom. The van der Waals surface area contributed by atoms with Gasteiger partial charge in [0.2, 0.25) is 0 Å². The van der Waals surface area contributed by atoms with Crippen LogP contribution in [0.15, 0.2) is 24.3 Å².